The zero-order valence-corrected chi connectivity index (χ0v) is 16.3. The van der Waals surface area contributed by atoms with Gasteiger partial charge in [0.1, 0.15) is 11.5 Å². The Hall–Kier alpha value is -3.20. The van der Waals surface area contributed by atoms with Gasteiger partial charge in [0.25, 0.3) is 0 Å². The number of pyridine rings is 1. The quantitative estimate of drug-likeness (QED) is 0.523. The highest BCUT2D eigenvalue weighted by Crippen LogP contribution is 2.36. The molecular formula is C19H14BrN5O3. The second kappa shape index (κ2) is 6.45. The first-order valence-electron chi connectivity index (χ1n) is 8.54. The van der Waals surface area contributed by atoms with Crippen LogP contribution in [-0.2, 0) is 4.84 Å². The number of hydrogen-bond donors (Lipinski definition) is 1. The van der Waals surface area contributed by atoms with Gasteiger partial charge >= 0.3 is 0 Å². The molecule has 1 aliphatic heterocycles. The van der Waals surface area contributed by atoms with Crippen molar-refractivity contribution in [3.8, 4) is 11.5 Å². The van der Waals surface area contributed by atoms with Crippen molar-refractivity contribution in [3.05, 3.63) is 58.1 Å². The Morgan fingerprint density at radius 2 is 2.11 bits per heavy atom. The molecule has 5 rings (SSSR count). The van der Waals surface area contributed by atoms with Crippen molar-refractivity contribution in [1.82, 2.24) is 20.0 Å². The maximum absolute atomic E-state index is 10.2. The van der Waals surface area contributed by atoms with E-state index in [1.807, 2.05) is 30.3 Å². The van der Waals surface area contributed by atoms with E-state index < -0.39 is 0 Å². The van der Waals surface area contributed by atoms with Crippen molar-refractivity contribution in [1.29, 1.82) is 0 Å². The predicted molar refractivity (Wildman–Crippen MR) is 106 cm³/mol. The molecule has 1 aliphatic rings. The molecule has 0 saturated carbocycles. The number of tetrazole rings is 1. The lowest BCUT2D eigenvalue weighted by Crippen LogP contribution is -2.05. The van der Waals surface area contributed by atoms with Gasteiger partial charge in [0, 0.05) is 33.5 Å². The Morgan fingerprint density at radius 3 is 2.96 bits per heavy atom. The molecule has 0 amide bonds. The monoisotopic (exact) mass is 439 g/mol. The van der Waals surface area contributed by atoms with E-state index >= 15 is 0 Å². The molecule has 0 spiro atoms. The molecule has 1 unspecified atom stereocenters. The predicted octanol–water partition coefficient (Wildman–Crippen LogP) is 3.62. The van der Waals surface area contributed by atoms with Gasteiger partial charge in [0.2, 0.25) is 0 Å². The maximum atomic E-state index is 10.2. The van der Waals surface area contributed by atoms with Gasteiger partial charge in [-0.05, 0) is 46.8 Å². The summed E-state index contributed by atoms with van der Waals surface area (Å²) in [6, 6.07) is 13.0. The molecule has 140 valence electrons. The number of aromatic hydroxyl groups is 1. The van der Waals surface area contributed by atoms with E-state index in [0.29, 0.717) is 23.3 Å². The molecule has 8 nitrogen and oxygen atoms in total. The minimum absolute atomic E-state index is 0.158. The summed E-state index contributed by atoms with van der Waals surface area (Å²) in [5, 5.41) is 27.4. The molecule has 9 heteroatoms. The molecule has 0 saturated heterocycles. The van der Waals surface area contributed by atoms with E-state index in [0.717, 1.165) is 26.7 Å². The number of benzene rings is 2. The van der Waals surface area contributed by atoms with E-state index in [1.165, 1.54) is 0 Å². The first-order valence-corrected chi connectivity index (χ1v) is 9.33. The Labute approximate surface area is 167 Å². The molecule has 0 bridgehead atoms. The number of phenols is 1. The molecule has 2 aromatic carbocycles. The number of aromatic nitrogens is 4. The summed E-state index contributed by atoms with van der Waals surface area (Å²) >= 11 is 3.42. The summed E-state index contributed by atoms with van der Waals surface area (Å²) in [6.07, 6.45) is 0.141. The largest absolute Gasteiger partial charge is 0.507 e. The van der Waals surface area contributed by atoms with E-state index in [1.54, 1.807) is 23.8 Å². The number of hydrogen-bond acceptors (Lipinski definition) is 7. The van der Waals surface area contributed by atoms with Gasteiger partial charge in [-0.2, -0.15) is 4.52 Å². The molecule has 2 aromatic heterocycles. The van der Waals surface area contributed by atoms with Crippen LogP contribution in [0.5, 0.6) is 11.5 Å². The number of methoxy groups -OCH3 is 1. The highest BCUT2D eigenvalue weighted by Gasteiger charge is 2.29. The second-order valence-corrected chi connectivity index (χ2v) is 7.35. The van der Waals surface area contributed by atoms with E-state index in [-0.39, 0.29) is 11.9 Å². The van der Waals surface area contributed by atoms with Crippen LogP contribution in [0.15, 0.2) is 52.1 Å². The van der Waals surface area contributed by atoms with Crippen molar-refractivity contribution < 1.29 is 14.7 Å². The van der Waals surface area contributed by atoms with Crippen LogP contribution in [0, 0.1) is 0 Å². The van der Waals surface area contributed by atoms with Crippen LogP contribution in [-0.4, -0.2) is 38.0 Å². The zero-order valence-electron chi connectivity index (χ0n) is 14.7. The highest BCUT2D eigenvalue weighted by molar-refractivity contribution is 9.10. The minimum atomic E-state index is -0.353. The van der Waals surface area contributed by atoms with Crippen LogP contribution in [0.25, 0.3) is 16.6 Å². The third kappa shape index (κ3) is 2.66. The maximum Gasteiger partial charge on any atom is 0.186 e. The fourth-order valence-corrected chi connectivity index (χ4v) is 3.76. The van der Waals surface area contributed by atoms with Gasteiger partial charge in [-0.25, -0.2) is 0 Å². The van der Waals surface area contributed by atoms with Crippen LogP contribution in [0.3, 0.4) is 0 Å². The topological polar surface area (TPSA) is 94.1 Å². The second-order valence-electron chi connectivity index (χ2n) is 6.44. The SMILES string of the molecule is COc1ccc2cc(C3CC(c4cc(Br)ccc4O)=NO3)c3nnnn3c2c1. The third-order valence-corrected chi connectivity index (χ3v) is 5.28. The summed E-state index contributed by atoms with van der Waals surface area (Å²) in [6.45, 7) is 0. The summed E-state index contributed by atoms with van der Waals surface area (Å²) in [7, 11) is 1.62. The Bertz CT molecular complexity index is 1250. The van der Waals surface area contributed by atoms with Gasteiger partial charge in [-0.3, -0.25) is 0 Å². The van der Waals surface area contributed by atoms with Crippen LogP contribution in [0.1, 0.15) is 23.7 Å². The van der Waals surface area contributed by atoms with Gasteiger partial charge in [-0.15, -0.1) is 5.10 Å². The van der Waals surface area contributed by atoms with E-state index in [4.69, 9.17) is 9.57 Å². The number of ether oxygens (including phenoxy) is 1. The van der Waals surface area contributed by atoms with Gasteiger partial charge in [0.15, 0.2) is 11.8 Å². The summed E-state index contributed by atoms with van der Waals surface area (Å²) < 4.78 is 7.84. The lowest BCUT2D eigenvalue weighted by Gasteiger charge is -2.12. The average Bonchev–Trinajstić information content (AvgIpc) is 3.39. The number of fused-ring (bicyclic) bond motifs is 3. The van der Waals surface area contributed by atoms with Crippen LogP contribution >= 0.6 is 15.9 Å². The Kier molecular flexibility index (Phi) is 3.90. The van der Waals surface area contributed by atoms with Crippen molar-refractivity contribution in [2.45, 2.75) is 12.5 Å². The first kappa shape index (κ1) is 16.9. The molecule has 4 aromatic rings. The number of oxime groups is 1. The Balaban J connectivity index is 1.57. The van der Waals surface area contributed by atoms with Crippen molar-refractivity contribution in [2.75, 3.05) is 7.11 Å². The summed E-state index contributed by atoms with van der Waals surface area (Å²) in [5.74, 6) is 0.885. The zero-order chi connectivity index (χ0) is 19.3. The number of rotatable bonds is 3. The smallest absolute Gasteiger partial charge is 0.186 e. The van der Waals surface area contributed by atoms with Gasteiger partial charge < -0.3 is 14.7 Å². The van der Waals surface area contributed by atoms with E-state index in [2.05, 4.69) is 36.6 Å². The molecule has 28 heavy (non-hydrogen) atoms. The molecule has 1 N–H and O–H groups in total. The average molecular weight is 440 g/mol. The van der Waals surface area contributed by atoms with Crippen molar-refractivity contribution >= 4 is 38.2 Å². The van der Waals surface area contributed by atoms with Crippen molar-refractivity contribution in [2.24, 2.45) is 5.16 Å². The van der Waals surface area contributed by atoms with E-state index in [9.17, 15) is 5.11 Å². The molecule has 0 radical (unpaired) electrons. The van der Waals surface area contributed by atoms with Gasteiger partial charge in [-0.1, -0.05) is 21.1 Å². The normalized spacial score (nSPS) is 16.4. The molecule has 1 atom stereocenters. The fourth-order valence-electron chi connectivity index (χ4n) is 3.40. The lowest BCUT2D eigenvalue weighted by molar-refractivity contribution is 0.0865. The summed E-state index contributed by atoms with van der Waals surface area (Å²) in [4.78, 5) is 5.70. The summed E-state index contributed by atoms with van der Waals surface area (Å²) in [5.41, 5.74) is 3.57. The molecular weight excluding hydrogens is 426 g/mol. The van der Waals surface area contributed by atoms with Crippen LogP contribution < -0.4 is 4.74 Å². The first-order chi connectivity index (χ1) is 13.6. The molecule has 0 fully saturated rings. The van der Waals surface area contributed by atoms with Crippen molar-refractivity contribution in [3.63, 3.8) is 0 Å². The molecule has 0 aliphatic carbocycles. The lowest BCUT2D eigenvalue weighted by atomic mass is 9.99. The minimum Gasteiger partial charge on any atom is -0.507 e. The van der Waals surface area contributed by atoms with Crippen LogP contribution in [0.4, 0.5) is 0 Å². The van der Waals surface area contributed by atoms with Crippen LogP contribution in [0.2, 0.25) is 0 Å². The number of nitrogens with zero attached hydrogens (tertiary/aromatic N) is 5. The Morgan fingerprint density at radius 1 is 1.21 bits per heavy atom. The third-order valence-electron chi connectivity index (χ3n) is 4.79. The fraction of sp³-hybridized carbons (Fsp3) is 0.158. The molecule has 3 heterocycles. The number of halogens is 1. The number of phenolic OH excluding ortho intramolecular Hbond substituents is 1. The standard InChI is InChI=1S/C19H14BrN5O3/c1-27-12-4-2-10-6-14(19-21-23-24-25(19)16(10)8-12)18-9-15(22-28-18)13-7-11(20)3-5-17(13)26/h2-8,18,26H,9H2,1H3. The highest BCUT2D eigenvalue weighted by atomic mass is 79.9. The van der Waals surface area contributed by atoms with Gasteiger partial charge in [0.05, 0.1) is 18.3 Å².